The summed E-state index contributed by atoms with van der Waals surface area (Å²) in [4.78, 5) is 4.48. The van der Waals surface area contributed by atoms with Crippen molar-refractivity contribution >= 4 is 5.69 Å². The number of hydrogen-bond acceptors (Lipinski definition) is 3. The van der Waals surface area contributed by atoms with E-state index in [1.54, 1.807) is 0 Å². The molecule has 2 N–H and O–H groups in total. The minimum absolute atomic E-state index is 0.596. The van der Waals surface area contributed by atoms with Gasteiger partial charge in [-0.25, -0.2) is 0 Å². The second kappa shape index (κ2) is 5.30. The third-order valence-electron chi connectivity index (χ3n) is 3.16. The first-order valence-electron chi connectivity index (χ1n) is 6.17. The molecular weight excluding hydrogens is 198 g/mol. The van der Waals surface area contributed by atoms with Crippen LogP contribution in [-0.2, 0) is 0 Å². The van der Waals surface area contributed by atoms with Gasteiger partial charge in [-0.05, 0) is 58.3 Å². The summed E-state index contributed by atoms with van der Waals surface area (Å²) in [6.45, 7) is 6.38. The molecule has 1 unspecified atom stereocenters. The lowest BCUT2D eigenvalue weighted by atomic mass is 10.1. The lowest BCUT2D eigenvalue weighted by molar-refractivity contribution is 0.636. The van der Waals surface area contributed by atoms with Gasteiger partial charge in [0.15, 0.2) is 0 Å². The largest absolute Gasteiger partial charge is 0.381 e. The molecule has 3 nitrogen and oxygen atoms in total. The summed E-state index contributed by atoms with van der Waals surface area (Å²) in [7, 11) is 0. The molecule has 1 saturated heterocycles. The lowest BCUT2D eigenvalue weighted by Gasteiger charge is -2.18. The zero-order valence-electron chi connectivity index (χ0n) is 10.2. The SMILES string of the molecule is Cc1ccc(NC2CCCNCC2)c(C)n1. The summed E-state index contributed by atoms with van der Waals surface area (Å²) in [6.07, 6.45) is 3.71. The summed E-state index contributed by atoms with van der Waals surface area (Å²) in [6, 6.07) is 4.82. The number of anilines is 1. The van der Waals surface area contributed by atoms with Gasteiger partial charge in [-0.15, -0.1) is 0 Å². The highest BCUT2D eigenvalue weighted by molar-refractivity contribution is 5.48. The van der Waals surface area contributed by atoms with Gasteiger partial charge in [0.2, 0.25) is 0 Å². The van der Waals surface area contributed by atoms with Crippen molar-refractivity contribution in [2.45, 2.75) is 39.2 Å². The second-order valence-corrected chi connectivity index (χ2v) is 4.61. The molecule has 0 spiro atoms. The van der Waals surface area contributed by atoms with Crippen molar-refractivity contribution in [2.75, 3.05) is 18.4 Å². The maximum absolute atomic E-state index is 4.48. The molecule has 3 heteroatoms. The standard InChI is InChI=1S/C13H21N3/c1-10-5-6-13(11(2)15-10)16-12-4-3-8-14-9-7-12/h5-6,12,14,16H,3-4,7-9H2,1-2H3. The van der Waals surface area contributed by atoms with E-state index in [1.807, 2.05) is 6.92 Å². The first-order chi connectivity index (χ1) is 7.75. The van der Waals surface area contributed by atoms with E-state index in [0.29, 0.717) is 6.04 Å². The molecular formula is C13H21N3. The molecule has 2 heterocycles. The predicted molar refractivity (Wildman–Crippen MR) is 67.8 cm³/mol. The van der Waals surface area contributed by atoms with Gasteiger partial charge in [0.25, 0.3) is 0 Å². The minimum atomic E-state index is 0.596. The van der Waals surface area contributed by atoms with E-state index >= 15 is 0 Å². The van der Waals surface area contributed by atoms with E-state index in [9.17, 15) is 0 Å². The van der Waals surface area contributed by atoms with Crippen molar-refractivity contribution in [1.82, 2.24) is 10.3 Å². The average Bonchev–Trinajstić information content (AvgIpc) is 2.51. The summed E-state index contributed by atoms with van der Waals surface area (Å²) in [5.74, 6) is 0. The molecule has 1 atom stereocenters. The van der Waals surface area contributed by atoms with Gasteiger partial charge in [0.05, 0.1) is 11.4 Å². The highest BCUT2D eigenvalue weighted by atomic mass is 15.0. The number of pyridine rings is 1. The fourth-order valence-corrected chi connectivity index (χ4v) is 2.22. The van der Waals surface area contributed by atoms with Gasteiger partial charge in [0, 0.05) is 11.7 Å². The van der Waals surface area contributed by atoms with E-state index in [4.69, 9.17) is 0 Å². The highest BCUT2D eigenvalue weighted by Gasteiger charge is 2.12. The summed E-state index contributed by atoms with van der Waals surface area (Å²) in [5.41, 5.74) is 3.39. The maximum atomic E-state index is 4.48. The zero-order valence-corrected chi connectivity index (χ0v) is 10.2. The van der Waals surface area contributed by atoms with Crippen LogP contribution in [0.4, 0.5) is 5.69 Å². The molecule has 1 aromatic heterocycles. The molecule has 0 bridgehead atoms. The molecule has 16 heavy (non-hydrogen) atoms. The van der Waals surface area contributed by atoms with Crippen LogP contribution in [0.15, 0.2) is 12.1 Å². The van der Waals surface area contributed by atoms with Crippen molar-refractivity contribution in [3.8, 4) is 0 Å². The van der Waals surface area contributed by atoms with E-state index in [0.717, 1.165) is 24.5 Å². The fraction of sp³-hybridized carbons (Fsp3) is 0.615. The third kappa shape index (κ3) is 2.95. The molecule has 1 fully saturated rings. The normalized spacial score (nSPS) is 21.5. The Balaban J connectivity index is 2.01. The summed E-state index contributed by atoms with van der Waals surface area (Å²) < 4.78 is 0. The van der Waals surface area contributed by atoms with E-state index in [-0.39, 0.29) is 0 Å². The van der Waals surface area contributed by atoms with Gasteiger partial charge < -0.3 is 10.6 Å². The van der Waals surface area contributed by atoms with Crippen LogP contribution in [0.1, 0.15) is 30.7 Å². The van der Waals surface area contributed by atoms with Crippen molar-refractivity contribution in [2.24, 2.45) is 0 Å². The second-order valence-electron chi connectivity index (χ2n) is 4.61. The number of nitrogens with zero attached hydrogens (tertiary/aromatic N) is 1. The minimum Gasteiger partial charge on any atom is -0.381 e. The molecule has 0 saturated carbocycles. The van der Waals surface area contributed by atoms with Crippen LogP contribution in [0.25, 0.3) is 0 Å². The Hall–Kier alpha value is -1.09. The molecule has 1 aliphatic rings. The summed E-state index contributed by atoms with van der Waals surface area (Å²) >= 11 is 0. The van der Waals surface area contributed by atoms with Crippen LogP contribution in [0.2, 0.25) is 0 Å². The molecule has 0 aromatic carbocycles. The topological polar surface area (TPSA) is 37.0 Å². The zero-order chi connectivity index (χ0) is 11.4. The number of rotatable bonds is 2. The monoisotopic (exact) mass is 219 g/mol. The van der Waals surface area contributed by atoms with Gasteiger partial charge in [-0.1, -0.05) is 0 Å². The van der Waals surface area contributed by atoms with E-state index < -0.39 is 0 Å². The number of nitrogens with one attached hydrogen (secondary N) is 2. The van der Waals surface area contributed by atoms with Gasteiger partial charge >= 0.3 is 0 Å². The first kappa shape index (κ1) is 11.4. The Morgan fingerprint density at radius 3 is 2.94 bits per heavy atom. The van der Waals surface area contributed by atoms with Crippen LogP contribution in [0.3, 0.4) is 0 Å². The Morgan fingerprint density at radius 1 is 1.25 bits per heavy atom. The van der Waals surface area contributed by atoms with Crippen molar-refractivity contribution in [3.05, 3.63) is 23.5 Å². The molecule has 0 radical (unpaired) electrons. The first-order valence-corrected chi connectivity index (χ1v) is 6.17. The Morgan fingerprint density at radius 2 is 2.12 bits per heavy atom. The lowest BCUT2D eigenvalue weighted by Crippen LogP contribution is -2.22. The molecule has 0 amide bonds. The van der Waals surface area contributed by atoms with Crippen LogP contribution >= 0.6 is 0 Å². The quantitative estimate of drug-likeness (QED) is 0.801. The van der Waals surface area contributed by atoms with Crippen LogP contribution in [-0.4, -0.2) is 24.1 Å². The molecule has 1 aliphatic heterocycles. The molecule has 2 rings (SSSR count). The molecule has 1 aromatic rings. The molecule has 88 valence electrons. The summed E-state index contributed by atoms with van der Waals surface area (Å²) in [5, 5.41) is 7.04. The van der Waals surface area contributed by atoms with E-state index in [1.165, 1.54) is 24.9 Å². The number of aromatic nitrogens is 1. The van der Waals surface area contributed by atoms with Crippen molar-refractivity contribution in [1.29, 1.82) is 0 Å². The Labute approximate surface area is 97.7 Å². The van der Waals surface area contributed by atoms with Gasteiger partial charge in [-0.3, -0.25) is 4.98 Å². The third-order valence-corrected chi connectivity index (χ3v) is 3.16. The highest BCUT2D eigenvalue weighted by Crippen LogP contribution is 2.17. The van der Waals surface area contributed by atoms with E-state index in [2.05, 4.69) is 34.7 Å². The van der Waals surface area contributed by atoms with Crippen LogP contribution < -0.4 is 10.6 Å². The smallest absolute Gasteiger partial charge is 0.0606 e. The fourth-order valence-electron chi connectivity index (χ4n) is 2.22. The van der Waals surface area contributed by atoms with Crippen LogP contribution in [0.5, 0.6) is 0 Å². The van der Waals surface area contributed by atoms with Gasteiger partial charge in [0.1, 0.15) is 0 Å². The average molecular weight is 219 g/mol. The van der Waals surface area contributed by atoms with Gasteiger partial charge in [-0.2, -0.15) is 0 Å². The Kier molecular flexibility index (Phi) is 3.78. The van der Waals surface area contributed by atoms with Crippen molar-refractivity contribution in [3.63, 3.8) is 0 Å². The van der Waals surface area contributed by atoms with Crippen LogP contribution in [0, 0.1) is 13.8 Å². The number of hydrogen-bond donors (Lipinski definition) is 2. The predicted octanol–water partition coefficient (Wildman–Crippen LogP) is 2.25. The molecule has 0 aliphatic carbocycles. The maximum Gasteiger partial charge on any atom is 0.0606 e. The van der Waals surface area contributed by atoms with Crippen molar-refractivity contribution < 1.29 is 0 Å². The Bertz CT molecular complexity index is 341. The number of aryl methyl sites for hydroxylation is 2.